The van der Waals surface area contributed by atoms with Crippen molar-refractivity contribution in [3.63, 3.8) is 0 Å². The first-order chi connectivity index (χ1) is 6.81. The van der Waals surface area contributed by atoms with Gasteiger partial charge in [0.05, 0.1) is 0 Å². The van der Waals surface area contributed by atoms with Crippen molar-refractivity contribution in [1.29, 1.82) is 0 Å². The summed E-state index contributed by atoms with van der Waals surface area (Å²) >= 11 is 0. The van der Waals surface area contributed by atoms with Gasteiger partial charge in [-0.15, -0.1) is 0 Å². The summed E-state index contributed by atoms with van der Waals surface area (Å²) in [6.07, 6.45) is 8.34. The predicted octanol–water partition coefficient (Wildman–Crippen LogP) is 2.00. The molecular formula is C12H24N2. The minimum absolute atomic E-state index is 0.807. The molecular weight excluding hydrogens is 172 g/mol. The van der Waals surface area contributed by atoms with E-state index in [-0.39, 0.29) is 0 Å². The van der Waals surface area contributed by atoms with Gasteiger partial charge in [0, 0.05) is 18.1 Å². The van der Waals surface area contributed by atoms with Gasteiger partial charge in [0.1, 0.15) is 0 Å². The molecule has 0 heterocycles. The normalized spacial score (nSPS) is 32.8. The monoisotopic (exact) mass is 196 g/mol. The van der Waals surface area contributed by atoms with Gasteiger partial charge in [0.2, 0.25) is 0 Å². The summed E-state index contributed by atoms with van der Waals surface area (Å²) in [7, 11) is 2.32. The van der Waals surface area contributed by atoms with Gasteiger partial charge in [-0.25, -0.2) is 0 Å². The third-order valence-corrected chi connectivity index (χ3v) is 3.79. The highest BCUT2D eigenvalue weighted by Gasteiger charge is 2.34. The van der Waals surface area contributed by atoms with Crippen LogP contribution >= 0.6 is 0 Å². The van der Waals surface area contributed by atoms with Gasteiger partial charge in [-0.1, -0.05) is 6.92 Å². The molecule has 2 atom stereocenters. The second-order valence-corrected chi connectivity index (χ2v) is 5.01. The number of nitrogens with zero attached hydrogens (tertiary/aromatic N) is 1. The van der Waals surface area contributed by atoms with Crippen molar-refractivity contribution in [2.24, 2.45) is 0 Å². The molecule has 0 saturated heterocycles. The van der Waals surface area contributed by atoms with Crippen LogP contribution in [0.25, 0.3) is 0 Å². The van der Waals surface area contributed by atoms with Gasteiger partial charge in [-0.2, -0.15) is 0 Å². The lowest BCUT2D eigenvalue weighted by Crippen LogP contribution is -2.34. The lowest BCUT2D eigenvalue weighted by atomic mass is 10.2. The molecule has 2 aliphatic rings. The molecule has 0 spiro atoms. The predicted molar refractivity (Wildman–Crippen MR) is 60.5 cm³/mol. The number of rotatable bonds is 5. The van der Waals surface area contributed by atoms with Crippen LogP contribution < -0.4 is 5.32 Å². The Morgan fingerprint density at radius 3 is 2.50 bits per heavy atom. The van der Waals surface area contributed by atoms with E-state index < -0.39 is 0 Å². The molecule has 2 unspecified atom stereocenters. The zero-order valence-electron chi connectivity index (χ0n) is 9.63. The van der Waals surface area contributed by atoms with Gasteiger partial charge in [0.15, 0.2) is 0 Å². The summed E-state index contributed by atoms with van der Waals surface area (Å²) in [5, 5.41) is 3.65. The SMILES string of the molecule is CCCNC1CCC(N(C)C2CC2)C1. The highest BCUT2D eigenvalue weighted by atomic mass is 15.2. The van der Waals surface area contributed by atoms with Crippen LogP contribution in [0.3, 0.4) is 0 Å². The van der Waals surface area contributed by atoms with Crippen molar-refractivity contribution in [2.45, 2.75) is 63.6 Å². The van der Waals surface area contributed by atoms with Crippen molar-refractivity contribution in [3.05, 3.63) is 0 Å². The van der Waals surface area contributed by atoms with Crippen LogP contribution in [-0.2, 0) is 0 Å². The van der Waals surface area contributed by atoms with Crippen molar-refractivity contribution < 1.29 is 0 Å². The molecule has 0 aliphatic heterocycles. The first-order valence-electron chi connectivity index (χ1n) is 6.26. The molecule has 82 valence electrons. The van der Waals surface area contributed by atoms with E-state index in [0.717, 1.165) is 18.1 Å². The van der Waals surface area contributed by atoms with Crippen LogP contribution in [0.15, 0.2) is 0 Å². The fraction of sp³-hybridized carbons (Fsp3) is 1.00. The lowest BCUT2D eigenvalue weighted by molar-refractivity contribution is 0.232. The van der Waals surface area contributed by atoms with E-state index in [1.807, 2.05) is 0 Å². The molecule has 1 N–H and O–H groups in total. The molecule has 2 saturated carbocycles. The quantitative estimate of drug-likeness (QED) is 0.723. The second-order valence-electron chi connectivity index (χ2n) is 5.01. The second kappa shape index (κ2) is 4.63. The number of hydrogen-bond acceptors (Lipinski definition) is 2. The molecule has 2 aliphatic carbocycles. The van der Waals surface area contributed by atoms with Crippen molar-refractivity contribution in [2.75, 3.05) is 13.6 Å². The Morgan fingerprint density at radius 1 is 1.14 bits per heavy atom. The minimum atomic E-state index is 0.807. The maximum absolute atomic E-state index is 3.65. The van der Waals surface area contributed by atoms with E-state index in [1.54, 1.807) is 0 Å². The van der Waals surface area contributed by atoms with Crippen LogP contribution in [-0.4, -0.2) is 36.6 Å². The summed E-state index contributed by atoms with van der Waals surface area (Å²) in [4.78, 5) is 2.63. The molecule has 0 aromatic heterocycles. The molecule has 0 aromatic carbocycles. The van der Waals surface area contributed by atoms with E-state index >= 15 is 0 Å². The average molecular weight is 196 g/mol. The molecule has 2 heteroatoms. The highest BCUT2D eigenvalue weighted by Crippen LogP contribution is 2.32. The molecule has 2 fully saturated rings. The average Bonchev–Trinajstić information content (AvgIpc) is 2.94. The third-order valence-electron chi connectivity index (χ3n) is 3.79. The van der Waals surface area contributed by atoms with Gasteiger partial charge >= 0.3 is 0 Å². The summed E-state index contributed by atoms with van der Waals surface area (Å²) in [5.41, 5.74) is 0. The van der Waals surface area contributed by atoms with Crippen LogP contribution in [0.1, 0.15) is 45.4 Å². The highest BCUT2D eigenvalue weighted by molar-refractivity contribution is 4.92. The molecule has 2 rings (SSSR count). The Bertz CT molecular complexity index is 177. The molecule has 0 aromatic rings. The lowest BCUT2D eigenvalue weighted by Gasteiger charge is -2.24. The van der Waals surface area contributed by atoms with E-state index in [0.29, 0.717) is 0 Å². The first-order valence-corrected chi connectivity index (χ1v) is 6.26. The topological polar surface area (TPSA) is 15.3 Å². The van der Waals surface area contributed by atoms with Crippen LogP contribution in [0.4, 0.5) is 0 Å². The Kier molecular flexibility index (Phi) is 3.45. The first kappa shape index (κ1) is 10.4. The Labute approximate surface area is 88.1 Å². The molecule has 0 radical (unpaired) electrons. The maximum atomic E-state index is 3.65. The number of hydrogen-bond donors (Lipinski definition) is 1. The van der Waals surface area contributed by atoms with E-state index in [9.17, 15) is 0 Å². The molecule has 2 nitrogen and oxygen atoms in total. The zero-order valence-corrected chi connectivity index (χ0v) is 9.63. The van der Waals surface area contributed by atoms with Crippen LogP contribution in [0, 0.1) is 0 Å². The van der Waals surface area contributed by atoms with Crippen molar-refractivity contribution in [3.8, 4) is 0 Å². The third kappa shape index (κ3) is 2.48. The van der Waals surface area contributed by atoms with Crippen LogP contribution in [0.2, 0.25) is 0 Å². The van der Waals surface area contributed by atoms with E-state index in [2.05, 4.69) is 24.2 Å². The van der Waals surface area contributed by atoms with E-state index in [1.165, 1.54) is 45.1 Å². The van der Waals surface area contributed by atoms with Crippen molar-refractivity contribution >= 4 is 0 Å². The number of nitrogens with one attached hydrogen (secondary N) is 1. The molecule has 14 heavy (non-hydrogen) atoms. The Morgan fingerprint density at radius 2 is 1.86 bits per heavy atom. The minimum Gasteiger partial charge on any atom is -0.314 e. The zero-order chi connectivity index (χ0) is 9.97. The maximum Gasteiger partial charge on any atom is 0.0110 e. The van der Waals surface area contributed by atoms with E-state index in [4.69, 9.17) is 0 Å². The van der Waals surface area contributed by atoms with Gasteiger partial charge in [-0.05, 0) is 52.1 Å². The van der Waals surface area contributed by atoms with Gasteiger partial charge in [-0.3, -0.25) is 0 Å². The van der Waals surface area contributed by atoms with Crippen molar-refractivity contribution in [1.82, 2.24) is 10.2 Å². The molecule has 0 amide bonds. The van der Waals surface area contributed by atoms with Gasteiger partial charge < -0.3 is 10.2 Å². The Balaban J connectivity index is 1.70. The summed E-state index contributed by atoms with van der Waals surface area (Å²) in [5.74, 6) is 0. The standard InChI is InChI=1S/C12H24N2/c1-3-8-13-10-4-5-12(9-10)14(2)11-6-7-11/h10-13H,3-9H2,1-2H3. The summed E-state index contributed by atoms with van der Waals surface area (Å²) in [6.45, 7) is 3.44. The van der Waals surface area contributed by atoms with Gasteiger partial charge in [0.25, 0.3) is 0 Å². The fourth-order valence-corrected chi connectivity index (χ4v) is 2.64. The molecule has 0 bridgehead atoms. The fourth-order valence-electron chi connectivity index (χ4n) is 2.64. The Hall–Kier alpha value is -0.0800. The summed E-state index contributed by atoms with van der Waals surface area (Å²) < 4.78 is 0. The van der Waals surface area contributed by atoms with Crippen LogP contribution in [0.5, 0.6) is 0 Å². The smallest absolute Gasteiger partial charge is 0.0110 e. The largest absolute Gasteiger partial charge is 0.314 e. The summed E-state index contributed by atoms with van der Waals surface area (Å²) in [6, 6.07) is 2.61.